The third-order valence-electron chi connectivity index (χ3n) is 2.10. The molecule has 0 heterocycles. The van der Waals surface area contributed by atoms with Gasteiger partial charge >= 0.3 is 0 Å². The highest BCUT2D eigenvalue weighted by Gasteiger charge is 1.98. The van der Waals surface area contributed by atoms with Crippen LogP contribution in [0.4, 0.5) is 0 Å². The van der Waals surface area contributed by atoms with Crippen molar-refractivity contribution in [1.29, 1.82) is 5.41 Å². The fourth-order valence-corrected chi connectivity index (χ4v) is 1.27. The van der Waals surface area contributed by atoms with Gasteiger partial charge in [-0.3, -0.25) is 5.41 Å². The van der Waals surface area contributed by atoms with E-state index in [0.717, 1.165) is 17.5 Å². The number of allylic oxidation sites excluding steroid dienone is 4. The molecule has 0 bridgehead atoms. The van der Waals surface area contributed by atoms with Crippen LogP contribution in [0.15, 0.2) is 77.3 Å². The molecule has 90 valence electrons. The predicted octanol–water partition coefficient (Wildman–Crippen LogP) is 3.41. The van der Waals surface area contributed by atoms with Crippen molar-refractivity contribution in [2.75, 3.05) is 0 Å². The van der Waals surface area contributed by atoms with Crippen LogP contribution < -0.4 is 0 Å². The Bertz CT molecular complexity index is 508. The Labute approximate surface area is 107 Å². The van der Waals surface area contributed by atoms with Gasteiger partial charge in [0.2, 0.25) is 0 Å². The maximum absolute atomic E-state index is 7.06. The van der Waals surface area contributed by atoms with E-state index in [1.54, 1.807) is 24.4 Å². The van der Waals surface area contributed by atoms with Gasteiger partial charge in [-0.2, -0.15) is 0 Å². The molecule has 0 saturated carbocycles. The van der Waals surface area contributed by atoms with Gasteiger partial charge in [0.25, 0.3) is 0 Å². The quantitative estimate of drug-likeness (QED) is 0.463. The summed E-state index contributed by atoms with van der Waals surface area (Å²) in [5, 5.41) is 7.06. The summed E-state index contributed by atoms with van der Waals surface area (Å²) >= 11 is 0. The van der Waals surface area contributed by atoms with Crippen molar-refractivity contribution in [3.63, 3.8) is 0 Å². The maximum atomic E-state index is 7.06. The normalized spacial score (nSPS) is 12.4. The van der Waals surface area contributed by atoms with Crippen molar-refractivity contribution in [3.8, 4) is 0 Å². The zero-order valence-electron chi connectivity index (χ0n) is 10.1. The molecule has 0 spiro atoms. The molecule has 18 heavy (non-hydrogen) atoms. The Morgan fingerprint density at radius 1 is 1.17 bits per heavy atom. The largest absolute Gasteiger partial charge is 0.289 e. The minimum atomic E-state index is 0.488. The average Bonchev–Trinajstić information content (AvgIpc) is 2.43. The molecule has 0 fully saturated rings. The van der Waals surface area contributed by atoms with E-state index in [1.165, 1.54) is 0 Å². The number of hydrogen-bond acceptors (Lipinski definition) is 1. The highest BCUT2D eigenvalue weighted by molar-refractivity contribution is 6.07. The predicted molar refractivity (Wildman–Crippen MR) is 78.7 cm³/mol. The SMILES string of the molecule is C=C/C=C(\C=C)C=NC(=NC=N)c1ccccc1. The van der Waals surface area contributed by atoms with Crippen LogP contribution in [0.25, 0.3) is 0 Å². The fourth-order valence-electron chi connectivity index (χ4n) is 1.27. The van der Waals surface area contributed by atoms with Crippen molar-refractivity contribution >= 4 is 18.4 Å². The number of amidine groups is 1. The lowest BCUT2D eigenvalue weighted by Gasteiger charge is -1.99. The molecule has 0 unspecified atom stereocenters. The fraction of sp³-hybridized carbons (Fsp3) is 0. The molecule has 1 aromatic rings. The van der Waals surface area contributed by atoms with Crippen LogP contribution >= 0.6 is 0 Å². The first-order valence-electron chi connectivity index (χ1n) is 5.43. The van der Waals surface area contributed by atoms with Gasteiger partial charge < -0.3 is 0 Å². The summed E-state index contributed by atoms with van der Waals surface area (Å²) in [6.45, 7) is 7.30. The summed E-state index contributed by atoms with van der Waals surface area (Å²) in [4.78, 5) is 8.19. The van der Waals surface area contributed by atoms with Crippen LogP contribution in [-0.4, -0.2) is 18.4 Å². The van der Waals surface area contributed by atoms with Crippen molar-refractivity contribution < 1.29 is 0 Å². The monoisotopic (exact) mass is 237 g/mol. The van der Waals surface area contributed by atoms with Crippen molar-refractivity contribution in [1.82, 2.24) is 0 Å². The molecule has 1 aromatic carbocycles. The summed E-state index contributed by atoms with van der Waals surface area (Å²) in [5.74, 6) is 0.488. The van der Waals surface area contributed by atoms with E-state index in [2.05, 4.69) is 23.1 Å². The number of nitrogens with zero attached hydrogens (tertiary/aromatic N) is 2. The zero-order chi connectivity index (χ0) is 13.2. The molecule has 1 N–H and O–H groups in total. The Kier molecular flexibility index (Phi) is 5.77. The summed E-state index contributed by atoms with van der Waals surface area (Å²) in [5.41, 5.74) is 1.69. The standard InChI is InChI=1S/C15H15N3/c1-3-8-13(4-2)11-17-15(18-12-16)14-9-6-5-7-10-14/h3-12,16H,1-2H2/b13-8+,16-12?,17-11?,18-15?. The second-order valence-corrected chi connectivity index (χ2v) is 3.31. The van der Waals surface area contributed by atoms with Crippen LogP contribution in [0.3, 0.4) is 0 Å². The van der Waals surface area contributed by atoms with E-state index < -0.39 is 0 Å². The second-order valence-electron chi connectivity index (χ2n) is 3.31. The highest BCUT2D eigenvalue weighted by Crippen LogP contribution is 2.03. The van der Waals surface area contributed by atoms with E-state index in [4.69, 9.17) is 5.41 Å². The van der Waals surface area contributed by atoms with Gasteiger partial charge in [-0.05, 0) is 5.57 Å². The van der Waals surface area contributed by atoms with Gasteiger partial charge in [0, 0.05) is 11.8 Å². The number of aliphatic imine (C=N–C) groups is 2. The lowest BCUT2D eigenvalue weighted by molar-refractivity contribution is 1.47. The third-order valence-corrected chi connectivity index (χ3v) is 2.10. The lowest BCUT2D eigenvalue weighted by atomic mass is 10.2. The molecule has 0 saturated heterocycles. The minimum absolute atomic E-state index is 0.488. The van der Waals surface area contributed by atoms with Gasteiger partial charge in [-0.1, -0.05) is 61.7 Å². The minimum Gasteiger partial charge on any atom is -0.289 e. The number of benzene rings is 1. The van der Waals surface area contributed by atoms with Crippen LogP contribution in [0.1, 0.15) is 5.56 Å². The molecule has 0 amide bonds. The van der Waals surface area contributed by atoms with E-state index in [9.17, 15) is 0 Å². The first-order chi connectivity index (χ1) is 8.81. The van der Waals surface area contributed by atoms with Gasteiger partial charge in [-0.15, -0.1) is 0 Å². The van der Waals surface area contributed by atoms with Crippen molar-refractivity contribution in [3.05, 3.63) is 72.9 Å². The molecule has 0 aromatic heterocycles. The van der Waals surface area contributed by atoms with Crippen LogP contribution in [0.5, 0.6) is 0 Å². The summed E-state index contributed by atoms with van der Waals surface area (Å²) in [7, 11) is 0. The Morgan fingerprint density at radius 2 is 1.89 bits per heavy atom. The lowest BCUT2D eigenvalue weighted by Crippen LogP contribution is -1.98. The van der Waals surface area contributed by atoms with Crippen LogP contribution in [0, 0.1) is 5.41 Å². The third kappa shape index (κ3) is 4.14. The average molecular weight is 237 g/mol. The van der Waals surface area contributed by atoms with E-state index >= 15 is 0 Å². The summed E-state index contributed by atoms with van der Waals surface area (Å²) in [6.07, 6.45) is 7.76. The molecule has 3 nitrogen and oxygen atoms in total. The molecule has 0 aliphatic rings. The molecule has 3 heteroatoms. The van der Waals surface area contributed by atoms with E-state index in [0.29, 0.717) is 5.84 Å². The topological polar surface area (TPSA) is 48.6 Å². The van der Waals surface area contributed by atoms with Crippen molar-refractivity contribution in [2.45, 2.75) is 0 Å². The Balaban J connectivity index is 3.03. The second kappa shape index (κ2) is 7.68. The Morgan fingerprint density at radius 3 is 2.44 bits per heavy atom. The number of rotatable bonds is 5. The van der Waals surface area contributed by atoms with E-state index in [1.807, 2.05) is 30.3 Å². The number of hydrogen-bond donors (Lipinski definition) is 1. The maximum Gasteiger partial charge on any atom is 0.160 e. The van der Waals surface area contributed by atoms with Crippen LogP contribution in [0.2, 0.25) is 0 Å². The van der Waals surface area contributed by atoms with Gasteiger partial charge in [-0.25, -0.2) is 9.98 Å². The Hall–Kier alpha value is -2.55. The molecule has 0 atom stereocenters. The molecule has 1 rings (SSSR count). The van der Waals surface area contributed by atoms with Gasteiger partial charge in [0.1, 0.15) is 6.34 Å². The summed E-state index contributed by atoms with van der Waals surface area (Å²) < 4.78 is 0. The molecular weight excluding hydrogens is 222 g/mol. The highest BCUT2D eigenvalue weighted by atomic mass is 14.9. The molecule has 0 aliphatic carbocycles. The smallest absolute Gasteiger partial charge is 0.160 e. The van der Waals surface area contributed by atoms with E-state index in [-0.39, 0.29) is 0 Å². The summed E-state index contributed by atoms with van der Waals surface area (Å²) in [6, 6.07) is 9.51. The van der Waals surface area contributed by atoms with Gasteiger partial charge in [0.15, 0.2) is 5.84 Å². The van der Waals surface area contributed by atoms with Crippen LogP contribution in [-0.2, 0) is 0 Å². The van der Waals surface area contributed by atoms with Gasteiger partial charge in [0.05, 0.1) is 0 Å². The zero-order valence-corrected chi connectivity index (χ0v) is 10.1. The number of nitrogens with one attached hydrogen (secondary N) is 1. The molecular formula is C15H15N3. The first kappa shape index (κ1) is 13.5. The molecule has 0 radical (unpaired) electrons. The van der Waals surface area contributed by atoms with Crippen molar-refractivity contribution in [2.24, 2.45) is 9.98 Å². The first-order valence-corrected chi connectivity index (χ1v) is 5.43. The molecule has 0 aliphatic heterocycles.